The van der Waals surface area contributed by atoms with Gasteiger partial charge in [0.25, 0.3) is 0 Å². The molecule has 176 valence electrons. The summed E-state index contributed by atoms with van der Waals surface area (Å²) in [6.45, 7) is 5.69. The number of carbonyl (C=O) groups is 1. The molecule has 3 aromatic carbocycles. The van der Waals surface area contributed by atoms with E-state index in [-0.39, 0.29) is 11.5 Å². The zero-order valence-corrected chi connectivity index (χ0v) is 19.9. The van der Waals surface area contributed by atoms with Gasteiger partial charge in [0.15, 0.2) is 5.78 Å². The van der Waals surface area contributed by atoms with Crippen LogP contribution >= 0.6 is 0 Å². The van der Waals surface area contributed by atoms with Crippen molar-refractivity contribution in [2.45, 2.75) is 26.9 Å². The van der Waals surface area contributed by atoms with Crippen molar-refractivity contribution in [2.24, 2.45) is 7.05 Å². The third-order valence-corrected chi connectivity index (χ3v) is 6.49. The summed E-state index contributed by atoms with van der Waals surface area (Å²) in [7, 11) is 1.72. The second kappa shape index (κ2) is 8.52. The Kier molecular flexibility index (Phi) is 5.49. The molecule has 0 bridgehead atoms. The first kappa shape index (κ1) is 22.6. The van der Waals surface area contributed by atoms with Crippen LogP contribution in [-0.2, 0) is 7.05 Å². The first-order valence-corrected chi connectivity index (χ1v) is 11.3. The van der Waals surface area contributed by atoms with Crippen LogP contribution in [0.4, 0.5) is 0 Å². The number of hydrogen-bond donors (Lipinski definition) is 2. The van der Waals surface area contributed by atoms with Gasteiger partial charge in [0.1, 0.15) is 11.9 Å². The molecule has 7 heteroatoms. The van der Waals surface area contributed by atoms with Gasteiger partial charge in [-0.05, 0) is 61.2 Å². The number of benzene rings is 3. The lowest BCUT2D eigenvalue weighted by atomic mass is 9.91. The van der Waals surface area contributed by atoms with E-state index in [9.17, 15) is 14.7 Å². The Bertz CT molecular complexity index is 1620. The Labute approximate surface area is 201 Å². The molecule has 1 atom stereocenters. The van der Waals surface area contributed by atoms with Crippen LogP contribution in [0.1, 0.15) is 39.0 Å². The number of Topliss-reactive ketones (excluding diaryl/α,β-unsaturated/α-hetero) is 1. The number of rotatable bonds is 5. The lowest BCUT2D eigenvalue weighted by Gasteiger charge is -2.16. The van der Waals surface area contributed by atoms with E-state index >= 15 is 0 Å². The zero-order chi connectivity index (χ0) is 24.9. The molecule has 0 aliphatic carbocycles. The smallest absolute Gasteiger partial charge is 0.326 e. The number of nitrogens with zero attached hydrogens (tertiary/aromatic N) is 2. The zero-order valence-electron chi connectivity index (χ0n) is 19.9. The second-order valence-corrected chi connectivity index (χ2v) is 8.82. The molecule has 2 aromatic heterocycles. The van der Waals surface area contributed by atoms with Crippen molar-refractivity contribution >= 4 is 16.8 Å². The summed E-state index contributed by atoms with van der Waals surface area (Å²) >= 11 is 0. The average Bonchev–Trinajstić information content (AvgIpc) is 3.35. The summed E-state index contributed by atoms with van der Waals surface area (Å²) in [6, 6.07) is 18.1. The summed E-state index contributed by atoms with van der Waals surface area (Å²) in [4.78, 5) is 28.4. The fourth-order valence-corrected chi connectivity index (χ4v) is 4.65. The van der Waals surface area contributed by atoms with Gasteiger partial charge in [-0.1, -0.05) is 47.6 Å². The maximum absolute atomic E-state index is 12.9. The minimum absolute atomic E-state index is 0.231. The van der Waals surface area contributed by atoms with Crippen LogP contribution in [0.2, 0.25) is 0 Å². The Morgan fingerprint density at radius 1 is 1.03 bits per heavy atom. The van der Waals surface area contributed by atoms with Gasteiger partial charge in [0.2, 0.25) is 0 Å². The van der Waals surface area contributed by atoms with Crippen LogP contribution in [0.5, 0.6) is 0 Å². The van der Waals surface area contributed by atoms with Gasteiger partial charge in [-0.3, -0.25) is 9.36 Å². The summed E-state index contributed by atoms with van der Waals surface area (Å²) in [5.41, 5.74) is 7.14. The number of nitrogens with one attached hydrogen (secondary N) is 1. The molecule has 5 rings (SSSR count). The Hall–Kier alpha value is -4.23. The van der Waals surface area contributed by atoms with E-state index in [1.807, 2.05) is 51.1 Å². The van der Waals surface area contributed by atoms with Gasteiger partial charge in [-0.25, -0.2) is 4.79 Å². The van der Waals surface area contributed by atoms with Gasteiger partial charge in [0.05, 0.1) is 16.7 Å². The quantitative estimate of drug-likeness (QED) is 0.353. The molecule has 2 N–H and O–H groups in total. The minimum Gasteiger partial charge on any atom is -0.380 e. The highest BCUT2D eigenvalue weighted by Crippen LogP contribution is 2.37. The lowest BCUT2D eigenvalue weighted by molar-refractivity contribution is 0.0747. The van der Waals surface area contributed by atoms with E-state index in [1.165, 1.54) is 0 Å². The third-order valence-electron chi connectivity index (χ3n) is 6.49. The highest BCUT2D eigenvalue weighted by atomic mass is 16.5. The van der Waals surface area contributed by atoms with Crippen LogP contribution in [0.15, 0.2) is 70.0 Å². The molecule has 0 amide bonds. The molecule has 7 nitrogen and oxygen atoms in total. The fraction of sp³-hybridized carbons (Fsp3) is 0.179. The molecular weight excluding hydrogens is 442 g/mol. The fourth-order valence-electron chi connectivity index (χ4n) is 4.65. The molecule has 0 spiro atoms. The molecule has 0 saturated carbocycles. The number of hydrogen-bond acceptors (Lipinski definition) is 5. The predicted molar refractivity (Wildman–Crippen MR) is 134 cm³/mol. The summed E-state index contributed by atoms with van der Waals surface area (Å²) in [5.74, 6) is 0.310. The molecule has 0 aliphatic rings. The highest BCUT2D eigenvalue weighted by molar-refractivity contribution is 6.01. The first-order chi connectivity index (χ1) is 16.8. The lowest BCUT2D eigenvalue weighted by Crippen LogP contribution is -2.13. The topological polar surface area (TPSA) is 101 Å². The molecular formula is C28H25N3O4. The number of aromatic amines is 1. The van der Waals surface area contributed by atoms with E-state index in [4.69, 9.17) is 4.52 Å². The number of fused-ring (bicyclic) bond motifs is 1. The van der Waals surface area contributed by atoms with Gasteiger partial charge in [0, 0.05) is 23.7 Å². The molecule has 5 aromatic rings. The van der Waals surface area contributed by atoms with E-state index in [0.29, 0.717) is 22.4 Å². The van der Waals surface area contributed by atoms with Crippen LogP contribution in [0, 0.1) is 20.8 Å². The van der Waals surface area contributed by atoms with E-state index in [2.05, 4.69) is 10.1 Å². The molecule has 0 saturated heterocycles. The largest absolute Gasteiger partial charge is 0.380 e. The Morgan fingerprint density at radius 2 is 1.77 bits per heavy atom. The number of aromatic nitrogens is 3. The molecule has 0 aliphatic heterocycles. The normalized spacial score (nSPS) is 12.3. The maximum Gasteiger partial charge on any atom is 0.326 e. The molecule has 0 radical (unpaired) electrons. The van der Waals surface area contributed by atoms with Crippen LogP contribution in [-0.4, -0.2) is 25.6 Å². The monoisotopic (exact) mass is 467 g/mol. The number of aryl methyl sites for hydroxylation is 4. The number of aliphatic hydroxyl groups is 1. The number of aliphatic hydroxyl groups excluding tert-OH is 1. The number of carbonyl (C=O) groups excluding carboxylic acids is 1. The standard InChI is InChI=1S/C28H25N3O4/c1-15-10-11-19(27(33)26(32)18-8-6-5-7-9-18)12-21(15)22-13-20(24-16(2)30-35-17(24)3)14-23-25(22)31(4)28(34)29-23/h5-14,27,33H,1-4H3,(H,29,34). The average molecular weight is 468 g/mol. The SMILES string of the molecule is Cc1ccc(C(O)C(=O)c2ccccc2)cc1-c1cc(-c2c(C)noc2C)cc2[nH]c(=O)n(C)c12. The van der Waals surface area contributed by atoms with Gasteiger partial charge >= 0.3 is 5.69 Å². The first-order valence-electron chi connectivity index (χ1n) is 11.3. The van der Waals surface area contributed by atoms with Crippen LogP contribution in [0.3, 0.4) is 0 Å². The van der Waals surface area contributed by atoms with E-state index in [0.717, 1.165) is 39.0 Å². The summed E-state index contributed by atoms with van der Waals surface area (Å²) in [5, 5.41) is 15.0. The summed E-state index contributed by atoms with van der Waals surface area (Å²) in [6.07, 6.45) is -1.31. The third kappa shape index (κ3) is 3.80. The molecule has 2 heterocycles. The molecule has 0 fully saturated rings. The van der Waals surface area contributed by atoms with Gasteiger partial charge < -0.3 is 14.6 Å². The van der Waals surface area contributed by atoms with Crippen molar-refractivity contribution in [3.05, 3.63) is 99.3 Å². The Morgan fingerprint density at radius 3 is 2.46 bits per heavy atom. The van der Waals surface area contributed by atoms with Crippen molar-refractivity contribution in [2.75, 3.05) is 0 Å². The van der Waals surface area contributed by atoms with Gasteiger partial charge in [-0.2, -0.15) is 0 Å². The van der Waals surface area contributed by atoms with Crippen molar-refractivity contribution < 1.29 is 14.4 Å². The van der Waals surface area contributed by atoms with Crippen molar-refractivity contribution in [1.29, 1.82) is 0 Å². The van der Waals surface area contributed by atoms with Crippen LogP contribution in [0.25, 0.3) is 33.3 Å². The van der Waals surface area contributed by atoms with Crippen LogP contribution < -0.4 is 5.69 Å². The van der Waals surface area contributed by atoms with E-state index < -0.39 is 6.10 Å². The number of imidazole rings is 1. The maximum atomic E-state index is 12.9. The number of H-pyrrole nitrogens is 1. The Balaban J connectivity index is 1.71. The van der Waals surface area contributed by atoms with Crippen molar-refractivity contribution in [1.82, 2.24) is 14.7 Å². The molecule has 1 unspecified atom stereocenters. The minimum atomic E-state index is -1.31. The predicted octanol–water partition coefficient (Wildman–Crippen LogP) is 5.03. The summed E-state index contributed by atoms with van der Waals surface area (Å²) < 4.78 is 6.95. The second-order valence-electron chi connectivity index (χ2n) is 8.82. The molecule has 35 heavy (non-hydrogen) atoms. The van der Waals surface area contributed by atoms with Gasteiger partial charge in [-0.15, -0.1) is 0 Å². The highest BCUT2D eigenvalue weighted by Gasteiger charge is 2.22. The van der Waals surface area contributed by atoms with Crippen molar-refractivity contribution in [3.8, 4) is 22.3 Å². The number of ketones is 1. The van der Waals surface area contributed by atoms with E-state index in [1.54, 1.807) is 41.9 Å². The van der Waals surface area contributed by atoms with Crippen molar-refractivity contribution in [3.63, 3.8) is 0 Å².